The van der Waals surface area contributed by atoms with E-state index in [-0.39, 0.29) is 5.92 Å². The van der Waals surface area contributed by atoms with Gasteiger partial charge in [-0.1, -0.05) is 13.0 Å². The molecule has 4 heteroatoms. The van der Waals surface area contributed by atoms with Gasteiger partial charge >= 0.3 is 0 Å². The van der Waals surface area contributed by atoms with Crippen molar-refractivity contribution in [2.75, 3.05) is 0 Å². The predicted octanol–water partition coefficient (Wildman–Crippen LogP) is 0.945. The van der Waals surface area contributed by atoms with Crippen LogP contribution in [0.1, 0.15) is 25.6 Å². The van der Waals surface area contributed by atoms with E-state index in [1.54, 1.807) is 25.4 Å². The second-order valence-corrected chi connectivity index (χ2v) is 2.98. The number of carbonyl (C=O) groups excluding carboxylic acids is 1. The van der Waals surface area contributed by atoms with Gasteiger partial charge in [-0.15, -0.1) is 0 Å². The lowest BCUT2D eigenvalue weighted by Crippen LogP contribution is -2.12. The van der Waals surface area contributed by atoms with E-state index in [0.717, 1.165) is 5.82 Å². The monoisotopic (exact) mass is 179 g/mol. The molecule has 1 aromatic rings. The number of imidazole rings is 1. The number of nitrogens with zero attached hydrogens (tertiary/aromatic N) is 1. The van der Waals surface area contributed by atoms with Crippen LogP contribution in [0.5, 0.6) is 0 Å². The van der Waals surface area contributed by atoms with Crippen LogP contribution >= 0.6 is 0 Å². The molecule has 1 rings (SSSR count). The molecule has 0 bridgehead atoms. The topological polar surface area (TPSA) is 71.8 Å². The highest BCUT2D eigenvalue weighted by molar-refractivity contribution is 5.91. The first-order valence-corrected chi connectivity index (χ1v) is 4.08. The summed E-state index contributed by atoms with van der Waals surface area (Å²) in [5.41, 5.74) is 5.66. The SMILES string of the molecule is C/C(=C\C(C)c1ncc[nH]1)C(N)=O. The number of nitrogens with one attached hydrogen (secondary N) is 1. The summed E-state index contributed by atoms with van der Waals surface area (Å²) in [7, 11) is 0. The van der Waals surface area contributed by atoms with Gasteiger partial charge in [0.2, 0.25) is 5.91 Å². The maximum Gasteiger partial charge on any atom is 0.244 e. The van der Waals surface area contributed by atoms with Crippen LogP contribution in [0.15, 0.2) is 24.0 Å². The lowest BCUT2D eigenvalue weighted by molar-refractivity contribution is -0.114. The molecular formula is C9H13N3O. The molecule has 1 heterocycles. The summed E-state index contributed by atoms with van der Waals surface area (Å²) in [4.78, 5) is 17.8. The molecule has 1 atom stereocenters. The lowest BCUT2D eigenvalue weighted by Gasteiger charge is -2.02. The van der Waals surface area contributed by atoms with Crippen molar-refractivity contribution in [3.63, 3.8) is 0 Å². The van der Waals surface area contributed by atoms with Gasteiger partial charge in [0, 0.05) is 23.9 Å². The summed E-state index contributed by atoms with van der Waals surface area (Å²) in [6, 6.07) is 0. The molecule has 0 aromatic carbocycles. The third-order valence-corrected chi connectivity index (χ3v) is 1.84. The number of H-pyrrole nitrogens is 1. The van der Waals surface area contributed by atoms with Crippen molar-refractivity contribution in [2.45, 2.75) is 19.8 Å². The molecule has 0 saturated heterocycles. The van der Waals surface area contributed by atoms with Crippen molar-refractivity contribution >= 4 is 5.91 Å². The van der Waals surface area contributed by atoms with E-state index in [0.29, 0.717) is 5.57 Å². The van der Waals surface area contributed by atoms with E-state index in [1.165, 1.54) is 0 Å². The van der Waals surface area contributed by atoms with Crippen LogP contribution in [0.4, 0.5) is 0 Å². The van der Waals surface area contributed by atoms with Gasteiger partial charge in [0.05, 0.1) is 0 Å². The second kappa shape index (κ2) is 3.89. The number of aromatic amines is 1. The predicted molar refractivity (Wildman–Crippen MR) is 50.0 cm³/mol. The van der Waals surface area contributed by atoms with Crippen LogP contribution in [0.2, 0.25) is 0 Å². The van der Waals surface area contributed by atoms with Crippen molar-refractivity contribution in [1.82, 2.24) is 9.97 Å². The zero-order chi connectivity index (χ0) is 9.84. The summed E-state index contributed by atoms with van der Waals surface area (Å²) in [5, 5.41) is 0. The minimum Gasteiger partial charge on any atom is -0.366 e. The maximum atomic E-state index is 10.7. The summed E-state index contributed by atoms with van der Waals surface area (Å²) in [5.74, 6) is 0.529. The van der Waals surface area contributed by atoms with Gasteiger partial charge < -0.3 is 10.7 Å². The molecule has 0 aliphatic carbocycles. The van der Waals surface area contributed by atoms with Crippen molar-refractivity contribution in [3.8, 4) is 0 Å². The maximum absolute atomic E-state index is 10.7. The Kier molecular flexibility index (Phi) is 2.84. The molecule has 1 unspecified atom stereocenters. The van der Waals surface area contributed by atoms with E-state index >= 15 is 0 Å². The van der Waals surface area contributed by atoms with Gasteiger partial charge in [0.15, 0.2) is 0 Å². The van der Waals surface area contributed by atoms with Crippen LogP contribution in [0.25, 0.3) is 0 Å². The van der Waals surface area contributed by atoms with Crippen LogP contribution < -0.4 is 5.73 Å². The molecule has 13 heavy (non-hydrogen) atoms. The van der Waals surface area contributed by atoms with Crippen molar-refractivity contribution in [2.24, 2.45) is 5.73 Å². The highest BCUT2D eigenvalue weighted by Crippen LogP contribution is 2.13. The lowest BCUT2D eigenvalue weighted by atomic mass is 10.1. The molecule has 1 amide bonds. The molecule has 70 valence electrons. The van der Waals surface area contributed by atoms with E-state index in [9.17, 15) is 4.79 Å². The first-order chi connectivity index (χ1) is 6.11. The number of hydrogen-bond acceptors (Lipinski definition) is 2. The quantitative estimate of drug-likeness (QED) is 0.678. The van der Waals surface area contributed by atoms with Gasteiger partial charge in [-0.05, 0) is 6.92 Å². The zero-order valence-electron chi connectivity index (χ0n) is 7.74. The number of rotatable bonds is 3. The third kappa shape index (κ3) is 2.43. The molecule has 0 radical (unpaired) electrons. The Bertz CT molecular complexity index is 314. The van der Waals surface area contributed by atoms with E-state index < -0.39 is 5.91 Å². The molecule has 4 nitrogen and oxygen atoms in total. The highest BCUT2D eigenvalue weighted by atomic mass is 16.1. The molecule has 3 N–H and O–H groups in total. The molecule has 0 saturated carbocycles. The fraction of sp³-hybridized carbons (Fsp3) is 0.333. The highest BCUT2D eigenvalue weighted by Gasteiger charge is 2.06. The number of aromatic nitrogens is 2. The Hall–Kier alpha value is -1.58. The third-order valence-electron chi connectivity index (χ3n) is 1.84. The number of hydrogen-bond donors (Lipinski definition) is 2. The van der Waals surface area contributed by atoms with Crippen LogP contribution in [-0.2, 0) is 4.79 Å². The fourth-order valence-electron chi connectivity index (χ4n) is 1.06. The summed E-state index contributed by atoms with van der Waals surface area (Å²) in [6.45, 7) is 3.65. The van der Waals surface area contributed by atoms with Crippen LogP contribution in [-0.4, -0.2) is 15.9 Å². The first kappa shape index (κ1) is 9.51. The van der Waals surface area contributed by atoms with E-state index in [1.807, 2.05) is 6.92 Å². The first-order valence-electron chi connectivity index (χ1n) is 4.08. The summed E-state index contributed by atoms with van der Waals surface area (Å²) in [6.07, 6.45) is 5.22. The molecule has 0 aliphatic rings. The van der Waals surface area contributed by atoms with Crippen molar-refractivity contribution < 1.29 is 4.79 Å². The van der Waals surface area contributed by atoms with Gasteiger partial charge in [0.25, 0.3) is 0 Å². The Labute approximate surface area is 76.9 Å². The van der Waals surface area contributed by atoms with Gasteiger partial charge in [-0.2, -0.15) is 0 Å². The van der Waals surface area contributed by atoms with E-state index in [4.69, 9.17) is 5.73 Å². The average molecular weight is 179 g/mol. The normalized spacial score (nSPS) is 14.2. The van der Waals surface area contributed by atoms with Crippen molar-refractivity contribution in [3.05, 3.63) is 29.9 Å². The zero-order valence-corrected chi connectivity index (χ0v) is 7.74. The van der Waals surface area contributed by atoms with Crippen molar-refractivity contribution in [1.29, 1.82) is 0 Å². The van der Waals surface area contributed by atoms with Gasteiger partial charge in [-0.25, -0.2) is 4.98 Å². The molecular weight excluding hydrogens is 166 g/mol. The van der Waals surface area contributed by atoms with E-state index in [2.05, 4.69) is 9.97 Å². The number of carbonyl (C=O) groups is 1. The molecule has 1 aromatic heterocycles. The standard InChI is InChI=1S/C9H13N3O/c1-6(8(10)13)5-7(2)9-11-3-4-12-9/h3-5,7H,1-2H3,(H2,10,13)(H,11,12)/b6-5+. The minimum atomic E-state index is -0.390. The Morgan fingerprint density at radius 3 is 2.92 bits per heavy atom. The Morgan fingerprint density at radius 2 is 2.46 bits per heavy atom. The molecule has 0 spiro atoms. The Morgan fingerprint density at radius 1 is 1.77 bits per heavy atom. The van der Waals surface area contributed by atoms with Crippen LogP contribution in [0.3, 0.4) is 0 Å². The molecule has 0 aliphatic heterocycles. The number of primary amides is 1. The average Bonchev–Trinajstić information content (AvgIpc) is 2.55. The number of amides is 1. The summed E-state index contributed by atoms with van der Waals surface area (Å²) >= 11 is 0. The van der Waals surface area contributed by atoms with Crippen LogP contribution in [0, 0.1) is 0 Å². The minimum absolute atomic E-state index is 0.0856. The van der Waals surface area contributed by atoms with Gasteiger partial charge in [-0.3, -0.25) is 4.79 Å². The summed E-state index contributed by atoms with van der Waals surface area (Å²) < 4.78 is 0. The Balaban J connectivity index is 2.76. The smallest absolute Gasteiger partial charge is 0.244 e. The molecule has 0 fully saturated rings. The number of allylic oxidation sites excluding steroid dienone is 1. The second-order valence-electron chi connectivity index (χ2n) is 2.98. The largest absolute Gasteiger partial charge is 0.366 e. The number of nitrogens with two attached hydrogens (primary N) is 1. The fourth-order valence-corrected chi connectivity index (χ4v) is 1.06. The van der Waals surface area contributed by atoms with Gasteiger partial charge in [0.1, 0.15) is 5.82 Å².